The van der Waals surface area contributed by atoms with Gasteiger partial charge < -0.3 is 40.9 Å². The van der Waals surface area contributed by atoms with Gasteiger partial charge in [-0.05, 0) is 48.2 Å². The molecule has 1 aromatic carbocycles. The average molecular weight is 808 g/mol. The highest BCUT2D eigenvalue weighted by Crippen LogP contribution is 2.30. The van der Waals surface area contributed by atoms with Crippen molar-refractivity contribution < 1.29 is 78.7 Å². The zero-order chi connectivity index (χ0) is 40.9. The molecule has 0 radical (unpaired) electrons. The molecule has 1 fully saturated rings. The highest BCUT2D eigenvalue weighted by atomic mass is 35.5. The second-order valence-electron chi connectivity index (χ2n) is 10.4. The number of pyridine rings is 1. The van der Waals surface area contributed by atoms with Crippen LogP contribution in [0.2, 0.25) is 5.02 Å². The molecular formula is C29H27ClF9N7O8. The van der Waals surface area contributed by atoms with Crippen molar-refractivity contribution in [2.75, 3.05) is 43.4 Å². The van der Waals surface area contributed by atoms with Crippen LogP contribution in [-0.4, -0.2) is 110 Å². The molecule has 1 saturated heterocycles. The van der Waals surface area contributed by atoms with Gasteiger partial charge in [0.25, 0.3) is 5.91 Å². The zero-order valence-electron chi connectivity index (χ0n) is 26.9. The van der Waals surface area contributed by atoms with Gasteiger partial charge in [-0.25, -0.2) is 19.4 Å². The van der Waals surface area contributed by atoms with E-state index in [1.54, 1.807) is 12.4 Å². The Kier molecular flexibility index (Phi) is 16.0. The molecule has 1 amide bonds. The molecule has 15 nitrogen and oxygen atoms in total. The molecule has 296 valence electrons. The van der Waals surface area contributed by atoms with Crippen LogP contribution in [0.1, 0.15) is 11.1 Å². The molecule has 2 aliphatic rings. The summed E-state index contributed by atoms with van der Waals surface area (Å²) in [4.78, 5) is 54.2. The van der Waals surface area contributed by atoms with Crippen LogP contribution in [0.15, 0.2) is 42.9 Å². The number of ether oxygens (including phenoxy) is 1. The van der Waals surface area contributed by atoms with Crippen molar-refractivity contribution in [2.45, 2.75) is 31.4 Å². The lowest BCUT2D eigenvalue weighted by molar-refractivity contribution is -0.193. The summed E-state index contributed by atoms with van der Waals surface area (Å²) in [5.74, 6) is -6.67. The number of benzene rings is 1. The van der Waals surface area contributed by atoms with Gasteiger partial charge in [-0.2, -0.15) is 44.5 Å². The van der Waals surface area contributed by atoms with E-state index in [0.29, 0.717) is 35.6 Å². The van der Waals surface area contributed by atoms with Crippen LogP contribution < -0.4 is 20.7 Å². The van der Waals surface area contributed by atoms with Gasteiger partial charge >= 0.3 is 36.4 Å². The number of aryl methyl sites for hydroxylation is 2. The first-order valence-corrected chi connectivity index (χ1v) is 15.0. The third-order valence-corrected chi connectivity index (χ3v) is 6.63. The number of amides is 1. The maximum atomic E-state index is 12.6. The molecule has 0 aliphatic carbocycles. The molecule has 4 heterocycles. The summed E-state index contributed by atoms with van der Waals surface area (Å²) in [5.41, 5.74) is 3.66. The van der Waals surface area contributed by atoms with E-state index in [0.717, 1.165) is 48.4 Å². The number of aliphatic carboxylic acids is 3. The van der Waals surface area contributed by atoms with Gasteiger partial charge in [0, 0.05) is 38.1 Å². The van der Waals surface area contributed by atoms with Crippen LogP contribution in [0.3, 0.4) is 0 Å². The number of nitrogens with one attached hydrogen (secondary N) is 3. The molecule has 0 unspecified atom stereocenters. The van der Waals surface area contributed by atoms with Gasteiger partial charge in [0.2, 0.25) is 5.95 Å². The van der Waals surface area contributed by atoms with Crippen molar-refractivity contribution in [3.63, 3.8) is 0 Å². The molecule has 5 rings (SSSR count). The summed E-state index contributed by atoms with van der Waals surface area (Å²) in [5, 5.41) is 31.5. The highest BCUT2D eigenvalue weighted by molar-refractivity contribution is 6.32. The van der Waals surface area contributed by atoms with E-state index in [-0.39, 0.29) is 12.5 Å². The minimum absolute atomic E-state index is 0.00110. The van der Waals surface area contributed by atoms with Crippen LogP contribution in [0, 0.1) is 0 Å². The van der Waals surface area contributed by atoms with E-state index < -0.39 is 36.4 Å². The Morgan fingerprint density at radius 2 is 1.33 bits per heavy atom. The van der Waals surface area contributed by atoms with E-state index in [1.807, 2.05) is 35.4 Å². The standard InChI is InChI=1S/C23H24ClN7O2.3C2HF3O2/c24-19-13-27-23-29-18-9-15(11-26-12-18)1-2-16-10-17(28-22(19)30-23)3-4-20(16)33-14-21(32)31-7-5-25-6-8-31;3*3-2(4,5)1(6)7/h3-4,9-13,25H,1-2,5-8,14H2,(H2,27,28,29,30);3*(H,6,7). The minimum Gasteiger partial charge on any atom is -0.483 e. The number of hydrogen-bond acceptors (Lipinski definition) is 11. The SMILES string of the molecule is O=C(COc1ccc2cc1CCc1cncc(c1)Nc1ncc(Cl)c(n1)N2)N1CCNCC1.O=C(O)C(F)(F)F.O=C(O)C(F)(F)F.O=C(O)C(F)(F)F. The molecular weight excluding hydrogens is 781 g/mol. The molecule has 2 aromatic heterocycles. The number of piperazine rings is 1. The Labute approximate surface area is 302 Å². The first-order valence-electron chi connectivity index (χ1n) is 14.6. The summed E-state index contributed by atoms with van der Waals surface area (Å²) in [6.45, 7) is 3.05. The molecule has 0 atom stereocenters. The number of halogens is 10. The Balaban J connectivity index is 0.000000393. The Morgan fingerprint density at radius 3 is 1.87 bits per heavy atom. The maximum absolute atomic E-state index is 12.6. The fraction of sp³-hybridized carbons (Fsp3) is 0.345. The van der Waals surface area contributed by atoms with E-state index >= 15 is 0 Å². The summed E-state index contributed by atoms with van der Waals surface area (Å²) < 4.78 is 101. The van der Waals surface area contributed by atoms with Crippen LogP contribution in [-0.2, 0) is 32.0 Å². The molecule has 6 bridgehead atoms. The lowest BCUT2D eigenvalue weighted by Crippen LogP contribution is -2.47. The quantitative estimate of drug-likeness (QED) is 0.196. The van der Waals surface area contributed by atoms with Gasteiger partial charge in [0.1, 0.15) is 10.8 Å². The Morgan fingerprint density at radius 1 is 0.778 bits per heavy atom. The lowest BCUT2D eigenvalue weighted by atomic mass is 10.0. The van der Waals surface area contributed by atoms with Gasteiger partial charge in [-0.1, -0.05) is 11.6 Å². The van der Waals surface area contributed by atoms with Crippen LogP contribution in [0.4, 0.5) is 62.7 Å². The summed E-state index contributed by atoms with van der Waals surface area (Å²) in [7, 11) is 0. The van der Waals surface area contributed by atoms with Crippen molar-refractivity contribution in [1.82, 2.24) is 25.2 Å². The third kappa shape index (κ3) is 15.5. The molecule has 0 spiro atoms. The molecule has 0 saturated carbocycles. The number of carbonyl (C=O) groups is 4. The number of fused-ring (bicyclic) bond motifs is 6. The fourth-order valence-electron chi connectivity index (χ4n) is 3.89. The van der Waals surface area contributed by atoms with E-state index in [1.165, 1.54) is 0 Å². The summed E-state index contributed by atoms with van der Waals surface area (Å²) in [6, 6.07) is 7.80. The van der Waals surface area contributed by atoms with Crippen molar-refractivity contribution in [1.29, 1.82) is 0 Å². The number of aromatic nitrogens is 3. The van der Waals surface area contributed by atoms with Gasteiger partial charge in [-0.15, -0.1) is 0 Å². The van der Waals surface area contributed by atoms with Crippen molar-refractivity contribution >= 4 is 58.6 Å². The second kappa shape index (κ2) is 19.4. The number of nitrogens with zero attached hydrogens (tertiary/aromatic N) is 4. The van der Waals surface area contributed by atoms with Gasteiger partial charge in [0.05, 0.1) is 18.1 Å². The number of rotatable bonds is 3. The smallest absolute Gasteiger partial charge is 0.483 e. The average Bonchev–Trinajstić information content (AvgIpc) is 3.08. The number of carbonyl (C=O) groups excluding carboxylic acids is 1. The van der Waals surface area contributed by atoms with Gasteiger partial charge in [0.15, 0.2) is 12.4 Å². The van der Waals surface area contributed by atoms with Crippen LogP contribution in [0.5, 0.6) is 5.75 Å². The van der Waals surface area contributed by atoms with E-state index in [4.69, 9.17) is 46.0 Å². The van der Waals surface area contributed by atoms with Crippen molar-refractivity contribution in [2.24, 2.45) is 0 Å². The Bertz CT molecular complexity index is 1720. The maximum Gasteiger partial charge on any atom is 0.490 e. The predicted octanol–water partition coefficient (Wildman–Crippen LogP) is 4.82. The monoisotopic (exact) mass is 807 g/mol. The molecule has 2 aliphatic heterocycles. The molecule has 25 heteroatoms. The number of carboxylic acid groups (broad SMARTS) is 3. The normalized spacial score (nSPS) is 13.7. The van der Waals surface area contributed by atoms with Crippen LogP contribution >= 0.6 is 11.6 Å². The number of carboxylic acids is 3. The largest absolute Gasteiger partial charge is 0.490 e. The minimum atomic E-state index is -5.08. The number of alkyl halides is 9. The molecule has 54 heavy (non-hydrogen) atoms. The number of anilines is 4. The van der Waals surface area contributed by atoms with Crippen molar-refractivity contribution in [3.05, 3.63) is 59.0 Å². The lowest BCUT2D eigenvalue weighted by Gasteiger charge is -2.27. The highest BCUT2D eigenvalue weighted by Gasteiger charge is 2.39. The number of hydrogen-bond donors (Lipinski definition) is 6. The zero-order valence-corrected chi connectivity index (χ0v) is 27.7. The van der Waals surface area contributed by atoms with Crippen LogP contribution in [0.25, 0.3) is 0 Å². The first kappa shape index (κ1) is 44.5. The topological polar surface area (TPSA) is 216 Å². The Hall–Kier alpha value is -5.65. The van der Waals surface area contributed by atoms with Gasteiger partial charge in [-0.3, -0.25) is 9.78 Å². The molecule has 6 N–H and O–H groups in total. The fourth-order valence-corrected chi connectivity index (χ4v) is 4.03. The van der Waals surface area contributed by atoms with Crippen molar-refractivity contribution in [3.8, 4) is 5.75 Å². The predicted molar refractivity (Wildman–Crippen MR) is 168 cm³/mol. The summed E-state index contributed by atoms with van der Waals surface area (Å²) in [6.07, 6.45) is -8.65. The third-order valence-electron chi connectivity index (χ3n) is 6.35. The first-order chi connectivity index (χ1) is 25.0. The van der Waals surface area contributed by atoms with E-state index in [2.05, 4.69) is 30.9 Å². The molecule has 3 aromatic rings. The van der Waals surface area contributed by atoms with E-state index in [9.17, 15) is 44.3 Å². The second-order valence-corrected chi connectivity index (χ2v) is 10.8. The summed E-state index contributed by atoms with van der Waals surface area (Å²) >= 11 is 6.32.